The van der Waals surface area contributed by atoms with Gasteiger partial charge in [0.05, 0.1) is 0 Å². The summed E-state index contributed by atoms with van der Waals surface area (Å²) in [6, 6.07) is 0.681. The van der Waals surface area contributed by atoms with E-state index in [1.165, 1.54) is 26.2 Å². The van der Waals surface area contributed by atoms with Crippen LogP contribution in [0.3, 0.4) is 0 Å². The molecule has 0 aromatic heterocycles. The molecule has 99 valence electrons. The molecule has 17 heavy (non-hydrogen) atoms. The summed E-state index contributed by atoms with van der Waals surface area (Å²) in [5.74, 6) is 0. The van der Waals surface area contributed by atoms with Gasteiger partial charge in [0.2, 0.25) is 0 Å². The summed E-state index contributed by atoms with van der Waals surface area (Å²) in [6.45, 7) is 16.9. The first kappa shape index (κ1) is 18.0. The second-order valence-electron chi connectivity index (χ2n) is 6.10. The third-order valence-electron chi connectivity index (χ3n) is 3.46. The minimum atomic E-state index is 0. The van der Waals surface area contributed by atoms with Gasteiger partial charge < -0.3 is 4.90 Å². The summed E-state index contributed by atoms with van der Waals surface area (Å²) in [5, 5.41) is 0. The Morgan fingerprint density at radius 3 is 1.94 bits per heavy atom. The van der Waals surface area contributed by atoms with Crippen LogP contribution < -0.4 is 0 Å². The summed E-state index contributed by atoms with van der Waals surface area (Å²) < 4.78 is 0. The third kappa shape index (κ3) is 6.11. The molecule has 0 amide bonds. The molecule has 0 N–H and O–H groups in total. The van der Waals surface area contributed by atoms with E-state index in [4.69, 9.17) is 0 Å². The van der Waals surface area contributed by atoms with Gasteiger partial charge in [0.25, 0.3) is 0 Å². The number of hydrogen-bond acceptors (Lipinski definition) is 3. The molecule has 0 aromatic carbocycles. The predicted octanol–water partition coefficient (Wildman–Crippen LogP) is 1.86. The maximum absolute atomic E-state index is 4.14. The maximum Gasteiger partial charge on any atom is 0.0237 e. The zero-order chi connectivity index (χ0) is 12.3. The minimum absolute atomic E-state index is 0. The van der Waals surface area contributed by atoms with E-state index in [2.05, 4.69) is 56.4 Å². The first-order chi connectivity index (χ1) is 7.30. The molecule has 0 aliphatic carbocycles. The van der Waals surface area contributed by atoms with Crippen LogP contribution in [0.1, 0.15) is 34.6 Å². The SMILES string of the molecule is [CH2-]N(CN1CCN(C(C)C)CC1)C(C)(C)C.[Y]. The molecule has 3 nitrogen and oxygen atoms in total. The Bertz CT molecular complexity index is 205. The van der Waals surface area contributed by atoms with Gasteiger partial charge in [-0.25, -0.2) is 0 Å². The van der Waals surface area contributed by atoms with Gasteiger partial charge in [0.15, 0.2) is 0 Å². The predicted molar refractivity (Wildman–Crippen MR) is 70.1 cm³/mol. The first-order valence-corrected chi connectivity index (χ1v) is 6.35. The Kier molecular flexibility index (Phi) is 7.98. The van der Waals surface area contributed by atoms with Gasteiger partial charge in [-0.15, -0.1) is 0 Å². The number of nitrogens with zero attached hydrogens (tertiary/aromatic N) is 3. The van der Waals surface area contributed by atoms with E-state index in [-0.39, 0.29) is 38.2 Å². The van der Waals surface area contributed by atoms with E-state index >= 15 is 0 Å². The molecule has 0 spiro atoms. The van der Waals surface area contributed by atoms with Crippen LogP contribution >= 0.6 is 0 Å². The van der Waals surface area contributed by atoms with E-state index in [9.17, 15) is 0 Å². The summed E-state index contributed by atoms with van der Waals surface area (Å²) >= 11 is 0. The Labute approximate surface area is 133 Å². The molecule has 0 bridgehead atoms. The van der Waals surface area contributed by atoms with Crippen LogP contribution in [0.4, 0.5) is 0 Å². The van der Waals surface area contributed by atoms with Crippen molar-refractivity contribution < 1.29 is 32.7 Å². The molecule has 1 heterocycles. The first-order valence-electron chi connectivity index (χ1n) is 6.35. The second-order valence-corrected chi connectivity index (χ2v) is 6.10. The Hall–Kier alpha value is 0.984. The fourth-order valence-electron chi connectivity index (χ4n) is 1.87. The van der Waals surface area contributed by atoms with Crippen LogP contribution in [-0.4, -0.2) is 59.1 Å². The Balaban J connectivity index is 0.00000256. The molecule has 0 saturated carbocycles. The van der Waals surface area contributed by atoms with E-state index in [0.29, 0.717) is 6.04 Å². The third-order valence-corrected chi connectivity index (χ3v) is 3.46. The van der Waals surface area contributed by atoms with Crippen molar-refractivity contribution in [3.8, 4) is 0 Å². The Morgan fingerprint density at radius 2 is 1.59 bits per heavy atom. The van der Waals surface area contributed by atoms with Crippen LogP contribution in [0.15, 0.2) is 0 Å². The normalized spacial score (nSPS) is 19.8. The molecule has 1 aliphatic rings. The van der Waals surface area contributed by atoms with Gasteiger partial charge in [-0.2, -0.15) is 0 Å². The van der Waals surface area contributed by atoms with Crippen LogP contribution in [0.25, 0.3) is 0 Å². The smallest absolute Gasteiger partial charge is 0.0237 e. The zero-order valence-electron chi connectivity index (χ0n) is 12.2. The van der Waals surface area contributed by atoms with Crippen LogP contribution in [0.5, 0.6) is 0 Å². The van der Waals surface area contributed by atoms with Crippen molar-refractivity contribution in [3.05, 3.63) is 7.05 Å². The van der Waals surface area contributed by atoms with E-state index < -0.39 is 0 Å². The van der Waals surface area contributed by atoms with Crippen molar-refractivity contribution in [3.63, 3.8) is 0 Å². The molecule has 0 unspecified atom stereocenters. The van der Waals surface area contributed by atoms with Crippen molar-refractivity contribution >= 4 is 0 Å². The maximum atomic E-state index is 4.14. The summed E-state index contributed by atoms with van der Waals surface area (Å²) in [4.78, 5) is 7.22. The van der Waals surface area contributed by atoms with E-state index in [1.54, 1.807) is 0 Å². The fourth-order valence-corrected chi connectivity index (χ4v) is 1.87. The molecular weight excluding hydrogens is 287 g/mol. The molecule has 4 heteroatoms. The second kappa shape index (κ2) is 7.54. The topological polar surface area (TPSA) is 9.72 Å². The van der Waals surface area contributed by atoms with Crippen LogP contribution in [0.2, 0.25) is 0 Å². The molecule has 1 aliphatic heterocycles. The standard InChI is InChI=1S/C13H28N3.Y/c1-12(2)16-9-7-15(8-10-16)11-14(6)13(3,4)5;/h12H,6-11H2,1-5H3;/q-1;. The summed E-state index contributed by atoms with van der Waals surface area (Å²) in [6.07, 6.45) is 0. The monoisotopic (exact) mass is 315 g/mol. The molecule has 0 aromatic rings. The minimum Gasteiger partial charge on any atom is -0.443 e. The fraction of sp³-hybridized carbons (Fsp3) is 0.923. The van der Waals surface area contributed by atoms with Crippen molar-refractivity contribution in [2.75, 3.05) is 32.8 Å². The van der Waals surface area contributed by atoms with Gasteiger partial charge in [-0.05, 0) is 40.2 Å². The summed E-state index contributed by atoms with van der Waals surface area (Å²) in [5.41, 5.74) is 0.162. The van der Waals surface area contributed by atoms with Gasteiger partial charge in [0, 0.05) is 71.6 Å². The molecule has 1 rings (SSSR count). The quantitative estimate of drug-likeness (QED) is 0.736. The van der Waals surface area contributed by atoms with E-state index in [1.807, 2.05) is 0 Å². The van der Waals surface area contributed by atoms with Crippen LogP contribution in [0, 0.1) is 7.05 Å². The zero-order valence-corrected chi connectivity index (χ0v) is 15.1. The molecule has 1 radical (unpaired) electrons. The average Bonchev–Trinajstić information content (AvgIpc) is 2.17. The molecular formula is C13H28N3Y-. The van der Waals surface area contributed by atoms with Crippen molar-refractivity contribution in [1.82, 2.24) is 14.7 Å². The van der Waals surface area contributed by atoms with Crippen molar-refractivity contribution in [2.45, 2.75) is 46.2 Å². The number of hydrogen-bond donors (Lipinski definition) is 0. The van der Waals surface area contributed by atoms with Crippen LogP contribution in [-0.2, 0) is 32.7 Å². The van der Waals surface area contributed by atoms with E-state index in [0.717, 1.165) is 6.67 Å². The van der Waals surface area contributed by atoms with Gasteiger partial charge in [0.1, 0.15) is 0 Å². The number of rotatable bonds is 3. The van der Waals surface area contributed by atoms with Gasteiger partial charge in [-0.3, -0.25) is 16.8 Å². The summed E-state index contributed by atoms with van der Waals surface area (Å²) in [7, 11) is 4.14. The van der Waals surface area contributed by atoms with Crippen molar-refractivity contribution in [2.24, 2.45) is 0 Å². The largest absolute Gasteiger partial charge is 0.443 e. The Morgan fingerprint density at radius 1 is 1.12 bits per heavy atom. The molecule has 1 fully saturated rings. The van der Waals surface area contributed by atoms with Gasteiger partial charge in [-0.1, -0.05) is 0 Å². The molecule has 1 saturated heterocycles. The molecule has 0 atom stereocenters. The van der Waals surface area contributed by atoms with Crippen molar-refractivity contribution in [1.29, 1.82) is 0 Å². The average molecular weight is 315 g/mol. The number of piperazine rings is 1. The van der Waals surface area contributed by atoms with Gasteiger partial charge >= 0.3 is 0 Å².